The van der Waals surface area contributed by atoms with Crippen LogP contribution in [-0.4, -0.2) is 4.98 Å². The van der Waals surface area contributed by atoms with Crippen molar-refractivity contribution in [3.05, 3.63) is 66.0 Å². The lowest BCUT2D eigenvalue weighted by Crippen LogP contribution is -2.17. The van der Waals surface area contributed by atoms with Crippen LogP contribution in [0.1, 0.15) is 77.5 Å². The average molecular weight is 348 g/mol. The molecule has 1 heterocycles. The maximum absolute atomic E-state index is 4.76. The van der Waals surface area contributed by atoms with Gasteiger partial charge in [-0.2, -0.15) is 0 Å². The lowest BCUT2D eigenvalue weighted by molar-refractivity contribution is 0.355. The van der Waals surface area contributed by atoms with Crippen LogP contribution < -0.4 is 0 Å². The van der Waals surface area contributed by atoms with E-state index in [0.29, 0.717) is 10.8 Å². The highest BCUT2D eigenvalue weighted by molar-refractivity contribution is 5.77. The first-order chi connectivity index (χ1) is 12.6. The highest BCUT2D eigenvalue weighted by Gasteiger charge is 2.25. The Hall–Kier alpha value is -1.89. The first kappa shape index (κ1) is 18.9. The summed E-state index contributed by atoms with van der Waals surface area (Å²) in [5.41, 5.74) is 5.60. The van der Waals surface area contributed by atoms with E-state index in [1.165, 1.54) is 42.4 Å². The van der Waals surface area contributed by atoms with Gasteiger partial charge in [-0.25, -0.2) is 0 Å². The Kier molecular flexibility index (Phi) is 5.65. The molecule has 0 saturated heterocycles. The number of allylic oxidation sites excluding steroid dienone is 8. The predicted molar refractivity (Wildman–Crippen MR) is 114 cm³/mol. The molecule has 0 spiro atoms. The standard InChI is InChI=1S/C25H33N/c1-5-24(6-2)15-11-20(12-16-24)22-9-10-23(26-19-22)21-13-17-25(7-3,8-4)18-14-21/h9-15,17,19H,5-8,16,18H2,1-4H3. The van der Waals surface area contributed by atoms with E-state index in [9.17, 15) is 0 Å². The van der Waals surface area contributed by atoms with Gasteiger partial charge in [0.2, 0.25) is 0 Å². The van der Waals surface area contributed by atoms with Crippen molar-refractivity contribution in [2.24, 2.45) is 10.8 Å². The minimum absolute atomic E-state index is 0.353. The lowest BCUT2D eigenvalue weighted by Gasteiger charge is -2.30. The molecular formula is C25H33N. The highest BCUT2D eigenvalue weighted by atomic mass is 14.7. The molecule has 0 fully saturated rings. The molecule has 0 amide bonds. The molecule has 1 aromatic rings. The Balaban J connectivity index is 1.73. The highest BCUT2D eigenvalue weighted by Crippen LogP contribution is 2.40. The van der Waals surface area contributed by atoms with E-state index < -0.39 is 0 Å². The Morgan fingerprint density at radius 2 is 1.31 bits per heavy atom. The van der Waals surface area contributed by atoms with E-state index in [1.807, 2.05) is 6.20 Å². The molecule has 2 aliphatic rings. The third kappa shape index (κ3) is 3.63. The summed E-state index contributed by atoms with van der Waals surface area (Å²) >= 11 is 0. The van der Waals surface area contributed by atoms with Crippen molar-refractivity contribution < 1.29 is 0 Å². The van der Waals surface area contributed by atoms with Crippen molar-refractivity contribution in [2.75, 3.05) is 0 Å². The van der Waals surface area contributed by atoms with Gasteiger partial charge in [0.15, 0.2) is 0 Å². The molecular weight excluding hydrogens is 314 g/mol. The fraction of sp³-hybridized carbons (Fsp3) is 0.480. The van der Waals surface area contributed by atoms with Crippen molar-refractivity contribution in [1.29, 1.82) is 0 Å². The summed E-state index contributed by atoms with van der Waals surface area (Å²) in [6, 6.07) is 4.39. The van der Waals surface area contributed by atoms with Crippen LogP contribution in [0, 0.1) is 10.8 Å². The summed E-state index contributed by atoms with van der Waals surface area (Å²) in [6.07, 6.45) is 23.3. The van der Waals surface area contributed by atoms with Crippen LogP contribution in [0.25, 0.3) is 11.1 Å². The second-order valence-corrected chi connectivity index (χ2v) is 7.96. The molecule has 1 nitrogen and oxygen atoms in total. The molecule has 0 atom stereocenters. The third-order valence-electron chi connectivity index (χ3n) is 6.90. The van der Waals surface area contributed by atoms with Gasteiger partial charge < -0.3 is 0 Å². The van der Waals surface area contributed by atoms with Gasteiger partial charge in [0, 0.05) is 6.20 Å². The van der Waals surface area contributed by atoms with Gasteiger partial charge in [-0.1, -0.05) is 70.2 Å². The topological polar surface area (TPSA) is 12.9 Å². The maximum atomic E-state index is 4.76. The van der Waals surface area contributed by atoms with Crippen molar-refractivity contribution in [3.63, 3.8) is 0 Å². The number of hydrogen-bond acceptors (Lipinski definition) is 1. The van der Waals surface area contributed by atoms with Crippen LogP contribution in [0.3, 0.4) is 0 Å². The van der Waals surface area contributed by atoms with Crippen molar-refractivity contribution >= 4 is 11.1 Å². The maximum Gasteiger partial charge on any atom is 0.0699 e. The van der Waals surface area contributed by atoms with Gasteiger partial charge in [0.25, 0.3) is 0 Å². The lowest BCUT2D eigenvalue weighted by atomic mass is 9.75. The molecule has 0 unspecified atom stereocenters. The average Bonchev–Trinajstić information content (AvgIpc) is 2.74. The number of nitrogens with zero attached hydrogens (tertiary/aromatic N) is 1. The van der Waals surface area contributed by atoms with E-state index in [2.05, 4.69) is 76.3 Å². The number of aromatic nitrogens is 1. The summed E-state index contributed by atoms with van der Waals surface area (Å²) in [6.45, 7) is 9.16. The van der Waals surface area contributed by atoms with Gasteiger partial charge in [-0.15, -0.1) is 0 Å². The minimum atomic E-state index is 0.353. The van der Waals surface area contributed by atoms with Crippen LogP contribution >= 0.6 is 0 Å². The second-order valence-electron chi connectivity index (χ2n) is 7.96. The van der Waals surface area contributed by atoms with Crippen LogP contribution in [0.15, 0.2) is 54.8 Å². The van der Waals surface area contributed by atoms with Gasteiger partial charge in [0.05, 0.1) is 5.69 Å². The molecule has 3 rings (SSSR count). The molecule has 0 bridgehead atoms. The fourth-order valence-electron chi connectivity index (χ4n) is 4.12. The summed E-state index contributed by atoms with van der Waals surface area (Å²) < 4.78 is 0. The molecule has 138 valence electrons. The first-order valence-electron chi connectivity index (χ1n) is 10.3. The summed E-state index contributed by atoms with van der Waals surface area (Å²) in [4.78, 5) is 4.76. The first-order valence-corrected chi connectivity index (χ1v) is 10.3. The van der Waals surface area contributed by atoms with Gasteiger partial charge in [-0.05, 0) is 72.1 Å². The molecule has 26 heavy (non-hydrogen) atoms. The van der Waals surface area contributed by atoms with Crippen molar-refractivity contribution in [1.82, 2.24) is 4.98 Å². The molecule has 0 aromatic carbocycles. The summed E-state index contributed by atoms with van der Waals surface area (Å²) in [7, 11) is 0. The summed E-state index contributed by atoms with van der Waals surface area (Å²) in [5, 5.41) is 0. The second kappa shape index (κ2) is 7.78. The van der Waals surface area contributed by atoms with Crippen LogP contribution in [0.2, 0.25) is 0 Å². The zero-order valence-corrected chi connectivity index (χ0v) is 16.9. The molecule has 0 N–H and O–H groups in total. The van der Waals surface area contributed by atoms with E-state index in [0.717, 1.165) is 18.5 Å². The van der Waals surface area contributed by atoms with E-state index in [4.69, 9.17) is 4.98 Å². The summed E-state index contributed by atoms with van der Waals surface area (Å²) in [5.74, 6) is 0. The van der Waals surface area contributed by atoms with Crippen LogP contribution in [0.5, 0.6) is 0 Å². The minimum Gasteiger partial charge on any atom is -0.256 e. The van der Waals surface area contributed by atoms with Gasteiger partial charge in [0.1, 0.15) is 0 Å². The van der Waals surface area contributed by atoms with E-state index in [1.54, 1.807) is 0 Å². The number of hydrogen-bond donors (Lipinski definition) is 0. The van der Waals surface area contributed by atoms with Gasteiger partial charge >= 0.3 is 0 Å². The van der Waals surface area contributed by atoms with Crippen molar-refractivity contribution in [2.45, 2.75) is 66.2 Å². The largest absolute Gasteiger partial charge is 0.256 e. The Morgan fingerprint density at radius 1 is 0.769 bits per heavy atom. The predicted octanol–water partition coefficient (Wildman–Crippen LogP) is 7.38. The zero-order valence-electron chi connectivity index (χ0n) is 16.9. The van der Waals surface area contributed by atoms with E-state index in [-0.39, 0.29) is 0 Å². The Labute approximate surface area is 159 Å². The van der Waals surface area contributed by atoms with Crippen LogP contribution in [-0.2, 0) is 0 Å². The Morgan fingerprint density at radius 3 is 1.69 bits per heavy atom. The fourth-order valence-corrected chi connectivity index (χ4v) is 4.12. The Bertz CT molecular complexity index is 670. The van der Waals surface area contributed by atoms with Crippen LogP contribution in [0.4, 0.5) is 0 Å². The quantitative estimate of drug-likeness (QED) is 0.523. The molecule has 0 radical (unpaired) electrons. The molecule has 1 heteroatoms. The van der Waals surface area contributed by atoms with E-state index >= 15 is 0 Å². The third-order valence-corrected chi connectivity index (χ3v) is 6.90. The normalized spacial score (nSPS) is 20.6. The molecule has 0 aliphatic heterocycles. The number of pyridine rings is 1. The zero-order chi connectivity index (χ0) is 18.6. The van der Waals surface area contributed by atoms with Crippen molar-refractivity contribution in [3.8, 4) is 0 Å². The van der Waals surface area contributed by atoms with Gasteiger partial charge in [-0.3, -0.25) is 4.98 Å². The monoisotopic (exact) mass is 347 g/mol. The molecule has 0 saturated carbocycles. The molecule has 1 aromatic heterocycles. The SMILES string of the molecule is CCC1(CC)C=CC(c2ccc(C3=CCC(CC)(CC)C=C3)nc2)=CC1. The smallest absolute Gasteiger partial charge is 0.0699 e. The molecule has 2 aliphatic carbocycles. The number of rotatable bonds is 6.